The van der Waals surface area contributed by atoms with Gasteiger partial charge in [0.1, 0.15) is 0 Å². The van der Waals surface area contributed by atoms with Crippen LogP contribution < -0.4 is 14.8 Å². The molecule has 1 N–H and O–H groups in total. The van der Waals surface area contributed by atoms with E-state index in [2.05, 4.69) is 31.0 Å². The Bertz CT molecular complexity index is 681. The van der Waals surface area contributed by atoms with Gasteiger partial charge in [-0.3, -0.25) is 9.59 Å². The minimum atomic E-state index is -0.0193. The van der Waals surface area contributed by atoms with Crippen molar-refractivity contribution in [1.29, 1.82) is 0 Å². The van der Waals surface area contributed by atoms with Crippen LogP contribution in [0.25, 0.3) is 0 Å². The van der Waals surface area contributed by atoms with Crippen LogP contribution in [0.5, 0.6) is 11.5 Å². The highest BCUT2D eigenvalue weighted by Gasteiger charge is 2.23. The Kier molecular flexibility index (Phi) is 8.96. The number of carbonyl (C=O) groups excluding carboxylic acids is 2. The van der Waals surface area contributed by atoms with Gasteiger partial charge in [-0.05, 0) is 56.7 Å². The van der Waals surface area contributed by atoms with Gasteiger partial charge in [0.15, 0.2) is 17.3 Å². The molecule has 0 saturated carbocycles. The Labute approximate surface area is 174 Å². The highest BCUT2D eigenvalue weighted by atomic mass is 16.5. The van der Waals surface area contributed by atoms with Gasteiger partial charge in [-0.1, -0.05) is 13.8 Å². The van der Waals surface area contributed by atoms with Crippen molar-refractivity contribution >= 4 is 11.7 Å². The second-order valence-electron chi connectivity index (χ2n) is 8.51. The second-order valence-corrected chi connectivity index (χ2v) is 8.51. The molecule has 1 aromatic rings. The quantitative estimate of drug-likeness (QED) is 0.477. The van der Waals surface area contributed by atoms with Crippen LogP contribution in [0.3, 0.4) is 0 Å². The molecule has 1 amide bonds. The monoisotopic (exact) mass is 404 g/mol. The molecular formula is C23H36N2O4. The molecule has 3 atom stereocenters. The predicted octanol–water partition coefficient (Wildman–Crippen LogP) is 3.54. The summed E-state index contributed by atoms with van der Waals surface area (Å²) in [5.41, 5.74) is 0.583. The standard InChI is InChI=1S/C23H36N2O4/c1-16-11-17(2)14-25(13-16)15-18(3)24-23(27)7-6-10-29-21-9-8-20(19(4)26)12-22(21)28-5/h8-9,12,16-18H,6-7,10-11,13-15H2,1-5H3,(H,24,27). The molecule has 162 valence electrons. The van der Waals surface area contributed by atoms with Gasteiger partial charge >= 0.3 is 0 Å². The molecule has 29 heavy (non-hydrogen) atoms. The molecule has 6 nitrogen and oxygen atoms in total. The molecule has 1 heterocycles. The normalized spacial score (nSPS) is 20.7. The largest absolute Gasteiger partial charge is 0.493 e. The molecule has 1 fully saturated rings. The zero-order valence-corrected chi connectivity index (χ0v) is 18.5. The van der Waals surface area contributed by atoms with Crippen LogP contribution in [0.1, 0.15) is 57.3 Å². The SMILES string of the molecule is COc1cc(C(C)=O)ccc1OCCCC(=O)NC(C)CN1CC(C)CC(C)C1. The van der Waals surface area contributed by atoms with E-state index in [9.17, 15) is 9.59 Å². The van der Waals surface area contributed by atoms with Gasteiger partial charge in [-0.25, -0.2) is 0 Å². The Morgan fingerprint density at radius 1 is 1.21 bits per heavy atom. The molecule has 1 aromatic carbocycles. The maximum atomic E-state index is 12.2. The lowest BCUT2D eigenvalue weighted by atomic mass is 9.92. The van der Waals surface area contributed by atoms with E-state index in [0.29, 0.717) is 36.5 Å². The summed E-state index contributed by atoms with van der Waals surface area (Å²) in [6, 6.07) is 5.27. The number of ether oxygens (including phenoxy) is 2. The van der Waals surface area contributed by atoms with Gasteiger partial charge in [0.25, 0.3) is 0 Å². The number of likely N-dealkylation sites (tertiary alicyclic amines) is 1. The number of methoxy groups -OCH3 is 1. The molecule has 1 aliphatic heterocycles. The number of rotatable bonds is 10. The van der Waals surface area contributed by atoms with Gasteiger partial charge in [-0.2, -0.15) is 0 Å². The first kappa shape index (κ1) is 23.2. The lowest BCUT2D eigenvalue weighted by Crippen LogP contribution is -2.47. The molecule has 6 heteroatoms. The predicted molar refractivity (Wildman–Crippen MR) is 115 cm³/mol. The molecule has 3 unspecified atom stereocenters. The molecule has 0 radical (unpaired) electrons. The number of benzene rings is 1. The minimum absolute atomic E-state index is 0.0193. The summed E-state index contributed by atoms with van der Waals surface area (Å²) in [4.78, 5) is 26.2. The van der Waals surface area contributed by atoms with Crippen LogP contribution in [-0.2, 0) is 4.79 Å². The molecule has 1 saturated heterocycles. The summed E-state index contributed by atoms with van der Waals surface area (Å²) in [7, 11) is 1.55. The zero-order chi connectivity index (χ0) is 21.4. The summed E-state index contributed by atoms with van der Waals surface area (Å²) in [5, 5.41) is 3.10. The van der Waals surface area contributed by atoms with Gasteiger partial charge in [0, 0.05) is 37.7 Å². The lowest BCUT2D eigenvalue weighted by Gasteiger charge is -2.36. The summed E-state index contributed by atoms with van der Waals surface area (Å²) >= 11 is 0. The van der Waals surface area contributed by atoms with Crippen molar-refractivity contribution in [2.75, 3.05) is 33.4 Å². The van der Waals surface area contributed by atoms with Crippen molar-refractivity contribution in [3.05, 3.63) is 23.8 Å². The maximum Gasteiger partial charge on any atom is 0.220 e. The molecule has 0 bridgehead atoms. The first-order valence-electron chi connectivity index (χ1n) is 10.6. The first-order valence-corrected chi connectivity index (χ1v) is 10.6. The van der Waals surface area contributed by atoms with Crippen molar-refractivity contribution in [2.24, 2.45) is 11.8 Å². The van der Waals surface area contributed by atoms with E-state index in [1.807, 2.05) is 0 Å². The molecule has 0 aromatic heterocycles. The van der Waals surface area contributed by atoms with E-state index in [1.54, 1.807) is 25.3 Å². The molecule has 0 aliphatic carbocycles. The first-order chi connectivity index (χ1) is 13.8. The summed E-state index contributed by atoms with van der Waals surface area (Å²) in [6.07, 6.45) is 2.33. The highest BCUT2D eigenvalue weighted by Crippen LogP contribution is 2.28. The van der Waals surface area contributed by atoms with Gasteiger partial charge < -0.3 is 19.7 Å². The molecule has 0 spiro atoms. The third-order valence-corrected chi connectivity index (χ3v) is 5.26. The van der Waals surface area contributed by atoms with Crippen LogP contribution in [0.15, 0.2) is 18.2 Å². The Hall–Kier alpha value is -2.08. The van der Waals surface area contributed by atoms with E-state index in [4.69, 9.17) is 9.47 Å². The summed E-state index contributed by atoms with van der Waals surface area (Å²) < 4.78 is 11.0. The maximum absolute atomic E-state index is 12.2. The number of nitrogens with one attached hydrogen (secondary N) is 1. The van der Waals surface area contributed by atoms with Gasteiger partial charge in [-0.15, -0.1) is 0 Å². The fourth-order valence-corrected chi connectivity index (χ4v) is 4.14. The van der Waals surface area contributed by atoms with Crippen molar-refractivity contribution in [2.45, 2.75) is 53.0 Å². The summed E-state index contributed by atoms with van der Waals surface area (Å²) in [5.74, 6) is 2.59. The van der Waals surface area contributed by atoms with E-state index in [1.165, 1.54) is 13.3 Å². The van der Waals surface area contributed by atoms with Crippen LogP contribution in [-0.4, -0.2) is 56.0 Å². The topological polar surface area (TPSA) is 67.9 Å². The fraction of sp³-hybridized carbons (Fsp3) is 0.652. The van der Waals surface area contributed by atoms with Crippen molar-refractivity contribution in [3.63, 3.8) is 0 Å². The zero-order valence-electron chi connectivity index (χ0n) is 18.5. The fourth-order valence-electron chi connectivity index (χ4n) is 4.14. The van der Waals surface area contributed by atoms with Crippen LogP contribution in [0, 0.1) is 11.8 Å². The van der Waals surface area contributed by atoms with Crippen LogP contribution in [0.4, 0.5) is 0 Å². The number of hydrogen-bond donors (Lipinski definition) is 1. The number of ketones is 1. The van der Waals surface area contributed by atoms with E-state index in [0.717, 1.165) is 31.5 Å². The Morgan fingerprint density at radius 3 is 2.52 bits per heavy atom. The third kappa shape index (κ3) is 7.69. The van der Waals surface area contributed by atoms with Crippen molar-refractivity contribution in [3.8, 4) is 11.5 Å². The van der Waals surface area contributed by atoms with E-state index >= 15 is 0 Å². The van der Waals surface area contributed by atoms with E-state index < -0.39 is 0 Å². The molecule has 2 rings (SSSR count). The minimum Gasteiger partial charge on any atom is -0.493 e. The van der Waals surface area contributed by atoms with Gasteiger partial charge in [0.05, 0.1) is 13.7 Å². The van der Waals surface area contributed by atoms with Crippen LogP contribution in [0.2, 0.25) is 0 Å². The number of amides is 1. The highest BCUT2D eigenvalue weighted by molar-refractivity contribution is 5.94. The smallest absolute Gasteiger partial charge is 0.220 e. The summed E-state index contributed by atoms with van der Waals surface area (Å²) in [6.45, 7) is 11.7. The number of hydrogen-bond acceptors (Lipinski definition) is 5. The van der Waals surface area contributed by atoms with Gasteiger partial charge in [0.2, 0.25) is 5.91 Å². The van der Waals surface area contributed by atoms with Crippen LogP contribution >= 0.6 is 0 Å². The van der Waals surface area contributed by atoms with Crippen molar-refractivity contribution in [1.82, 2.24) is 10.2 Å². The van der Waals surface area contributed by atoms with E-state index in [-0.39, 0.29) is 17.7 Å². The number of carbonyl (C=O) groups is 2. The molecule has 1 aliphatic rings. The van der Waals surface area contributed by atoms with Crippen molar-refractivity contribution < 1.29 is 19.1 Å². The molecular weight excluding hydrogens is 368 g/mol. The Morgan fingerprint density at radius 2 is 1.90 bits per heavy atom. The average molecular weight is 405 g/mol. The third-order valence-electron chi connectivity index (χ3n) is 5.26. The number of Topliss-reactive ketones (excluding diaryl/α,β-unsaturated/α-hetero) is 1. The number of piperidine rings is 1. The Balaban J connectivity index is 1.70. The number of nitrogens with zero attached hydrogens (tertiary/aromatic N) is 1. The lowest BCUT2D eigenvalue weighted by molar-refractivity contribution is -0.122. The average Bonchev–Trinajstić information content (AvgIpc) is 2.64. The second kappa shape index (κ2) is 11.2.